The molecule has 5 nitrogen and oxygen atoms in total. The van der Waals surface area contributed by atoms with E-state index in [2.05, 4.69) is 10.6 Å². The standard InChI is InChI=1S/C12H17N3O2/c1-2-14-12(17)8-15-11(16)7-9-5-3-4-6-10(9)13/h3-6H,2,7-8,13H2,1H3,(H,14,17)(H,15,16). The zero-order valence-corrected chi connectivity index (χ0v) is 9.82. The summed E-state index contributed by atoms with van der Waals surface area (Å²) in [5.41, 5.74) is 7.06. The Balaban J connectivity index is 2.40. The average molecular weight is 235 g/mol. The van der Waals surface area contributed by atoms with Gasteiger partial charge >= 0.3 is 0 Å². The molecule has 1 aromatic rings. The van der Waals surface area contributed by atoms with Crippen molar-refractivity contribution in [3.05, 3.63) is 29.8 Å². The molecule has 92 valence electrons. The van der Waals surface area contributed by atoms with Crippen LogP contribution in [-0.4, -0.2) is 24.9 Å². The number of amides is 2. The van der Waals surface area contributed by atoms with E-state index in [9.17, 15) is 9.59 Å². The Morgan fingerprint density at radius 2 is 1.88 bits per heavy atom. The second-order valence-electron chi connectivity index (χ2n) is 3.61. The van der Waals surface area contributed by atoms with Gasteiger partial charge in [0.25, 0.3) is 0 Å². The number of hydrogen-bond donors (Lipinski definition) is 3. The van der Waals surface area contributed by atoms with Crippen molar-refractivity contribution >= 4 is 17.5 Å². The van der Waals surface area contributed by atoms with Crippen molar-refractivity contribution in [2.75, 3.05) is 18.8 Å². The fourth-order valence-corrected chi connectivity index (χ4v) is 1.37. The van der Waals surface area contributed by atoms with Crippen LogP contribution in [0.25, 0.3) is 0 Å². The molecule has 0 aliphatic carbocycles. The van der Waals surface area contributed by atoms with E-state index >= 15 is 0 Å². The van der Waals surface area contributed by atoms with Crippen molar-refractivity contribution in [1.29, 1.82) is 0 Å². The quantitative estimate of drug-likeness (QED) is 0.631. The summed E-state index contributed by atoms with van der Waals surface area (Å²) in [5, 5.41) is 5.13. The Labute approximate surface area is 100 Å². The van der Waals surface area contributed by atoms with Crippen LogP contribution in [0.3, 0.4) is 0 Å². The van der Waals surface area contributed by atoms with E-state index in [4.69, 9.17) is 5.73 Å². The minimum atomic E-state index is -0.214. The fraction of sp³-hybridized carbons (Fsp3) is 0.333. The summed E-state index contributed by atoms with van der Waals surface area (Å²) in [6.07, 6.45) is 0.187. The largest absolute Gasteiger partial charge is 0.398 e. The molecule has 0 spiro atoms. The molecule has 0 radical (unpaired) electrons. The van der Waals surface area contributed by atoms with E-state index in [-0.39, 0.29) is 24.8 Å². The van der Waals surface area contributed by atoms with Gasteiger partial charge in [0.2, 0.25) is 11.8 Å². The molecule has 0 fully saturated rings. The predicted octanol–water partition coefficient (Wildman–Crippen LogP) is 0.0636. The first kappa shape index (κ1) is 13.0. The van der Waals surface area contributed by atoms with E-state index in [1.807, 2.05) is 19.1 Å². The zero-order chi connectivity index (χ0) is 12.7. The number of benzene rings is 1. The average Bonchev–Trinajstić information content (AvgIpc) is 2.30. The lowest BCUT2D eigenvalue weighted by molar-refractivity contribution is -0.125. The molecular formula is C12H17N3O2. The van der Waals surface area contributed by atoms with E-state index in [0.717, 1.165) is 5.56 Å². The summed E-state index contributed by atoms with van der Waals surface area (Å²) < 4.78 is 0. The summed E-state index contributed by atoms with van der Waals surface area (Å²) in [6, 6.07) is 7.17. The molecule has 0 aliphatic heterocycles. The van der Waals surface area contributed by atoms with Crippen LogP contribution in [0.1, 0.15) is 12.5 Å². The SMILES string of the molecule is CCNC(=O)CNC(=O)Cc1ccccc1N. The number of nitrogens with one attached hydrogen (secondary N) is 2. The summed E-state index contributed by atoms with van der Waals surface area (Å²) in [4.78, 5) is 22.6. The highest BCUT2D eigenvalue weighted by molar-refractivity contribution is 5.86. The Hall–Kier alpha value is -2.04. The molecule has 1 aromatic carbocycles. The van der Waals surface area contributed by atoms with Gasteiger partial charge in [-0.3, -0.25) is 9.59 Å². The molecule has 0 unspecified atom stereocenters. The lowest BCUT2D eigenvalue weighted by Gasteiger charge is -2.07. The summed E-state index contributed by atoms with van der Waals surface area (Å²) in [7, 11) is 0. The van der Waals surface area contributed by atoms with Gasteiger partial charge in [-0.2, -0.15) is 0 Å². The van der Waals surface area contributed by atoms with Gasteiger partial charge in [-0.15, -0.1) is 0 Å². The Bertz CT molecular complexity index is 404. The molecule has 0 saturated carbocycles. The van der Waals surface area contributed by atoms with E-state index in [1.165, 1.54) is 0 Å². The molecule has 5 heteroatoms. The van der Waals surface area contributed by atoms with Gasteiger partial charge in [-0.25, -0.2) is 0 Å². The maximum absolute atomic E-state index is 11.5. The Morgan fingerprint density at radius 3 is 2.53 bits per heavy atom. The van der Waals surface area contributed by atoms with Gasteiger partial charge in [0.15, 0.2) is 0 Å². The van der Waals surface area contributed by atoms with Crippen molar-refractivity contribution in [1.82, 2.24) is 10.6 Å². The lowest BCUT2D eigenvalue weighted by atomic mass is 10.1. The molecular weight excluding hydrogens is 218 g/mol. The number of nitrogens with two attached hydrogens (primary N) is 1. The van der Waals surface area contributed by atoms with Crippen LogP contribution in [0.2, 0.25) is 0 Å². The molecule has 0 aromatic heterocycles. The van der Waals surface area contributed by atoms with Gasteiger partial charge in [0, 0.05) is 12.2 Å². The molecule has 17 heavy (non-hydrogen) atoms. The first-order chi connectivity index (χ1) is 8.13. The van der Waals surface area contributed by atoms with Gasteiger partial charge in [-0.1, -0.05) is 18.2 Å². The highest BCUT2D eigenvalue weighted by atomic mass is 16.2. The molecule has 2 amide bonds. The number of nitrogen functional groups attached to an aromatic ring is 1. The van der Waals surface area contributed by atoms with Crippen molar-refractivity contribution in [3.63, 3.8) is 0 Å². The van der Waals surface area contributed by atoms with Crippen molar-refractivity contribution in [3.8, 4) is 0 Å². The van der Waals surface area contributed by atoms with E-state index < -0.39 is 0 Å². The summed E-state index contributed by atoms with van der Waals surface area (Å²) in [6.45, 7) is 2.38. The molecule has 4 N–H and O–H groups in total. The van der Waals surface area contributed by atoms with E-state index in [0.29, 0.717) is 12.2 Å². The maximum atomic E-state index is 11.5. The normalized spacial score (nSPS) is 9.71. The highest BCUT2D eigenvalue weighted by Crippen LogP contribution is 2.10. The van der Waals surface area contributed by atoms with Crippen LogP contribution in [-0.2, 0) is 16.0 Å². The van der Waals surface area contributed by atoms with E-state index in [1.54, 1.807) is 12.1 Å². The molecule has 0 aliphatic rings. The van der Waals surface area contributed by atoms with Crippen molar-refractivity contribution < 1.29 is 9.59 Å². The Kier molecular flexibility index (Phi) is 5.00. The number of hydrogen-bond acceptors (Lipinski definition) is 3. The zero-order valence-electron chi connectivity index (χ0n) is 9.82. The lowest BCUT2D eigenvalue weighted by Crippen LogP contribution is -2.37. The first-order valence-corrected chi connectivity index (χ1v) is 5.50. The summed E-state index contributed by atoms with van der Waals surface area (Å²) in [5.74, 6) is -0.406. The highest BCUT2D eigenvalue weighted by Gasteiger charge is 2.07. The number of likely N-dealkylation sites (N-methyl/N-ethyl adjacent to an activating group) is 1. The second kappa shape index (κ2) is 6.52. The van der Waals surface area contributed by atoms with Crippen molar-refractivity contribution in [2.45, 2.75) is 13.3 Å². The van der Waals surface area contributed by atoms with Gasteiger partial charge in [0.05, 0.1) is 13.0 Å². The van der Waals surface area contributed by atoms with Crippen molar-refractivity contribution in [2.24, 2.45) is 0 Å². The number of carbonyl (C=O) groups excluding carboxylic acids is 2. The van der Waals surface area contributed by atoms with Crippen LogP contribution in [0.5, 0.6) is 0 Å². The molecule has 0 heterocycles. The van der Waals surface area contributed by atoms with Crippen LogP contribution in [0, 0.1) is 0 Å². The number of carbonyl (C=O) groups is 2. The van der Waals surface area contributed by atoms with Crippen LogP contribution in [0.15, 0.2) is 24.3 Å². The number of anilines is 1. The monoisotopic (exact) mass is 235 g/mol. The van der Waals surface area contributed by atoms with Gasteiger partial charge < -0.3 is 16.4 Å². The Morgan fingerprint density at radius 1 is 1.18 bits per heavy atom. The molecule has 0 bridgehead atoms. The smallest absolute Gasteiger partial charge is 0.239 e. The van der Waals surface area contributed by atoms with Crippen LogP contribution in [0.4, 0.5) is 5.69 Å². The maximum Gasteiger partial charge on any atom is 0.239 e. The third-order valence-corrected chi connectivity index (χ3v) is 2.23. The van der Waals surface area contributed by atoms with Crippen LogP contribution >= 0.6 is 0 Å². The van der Waals surface area contributed by atoms with Gasteiger partial charge in [-0.05, 0) is 18.6 Å². The minimum absolute atomic E-state index is 0.000584. The molecule has 1 rings (SSSR count). The third-order valence-electron chi connectivity index (χ3n) is 2.23. The topological polar surface area (TPSA) is 84.2 Å². The second-order valence-corrected chi connectivity index (χ2v) is 3.61. The first-order valence-electron chi connectivity index (χ1n) is 5.50. The molecule has 0 saturated heterocycles. The van der Waals surface area contributed by atoms with Gasteiger partial charge in [0.1, 0.15) is 0 Å². The third kappa shape index (κ3) is 4.55. The predicted molar refractivity (Wildman–Crippen MR) is 66.3 cm³/mol. The summed E-state index contributed by atoms with van der Waals surface area (Å²) >= 11 is 0. The minimum Gasteiger partial charge on any atom is -0.398 e. The number of rotatable bonds is 5. The number of para-hydroxylation sites is 1. The van der Waals surface area contributed by atoms with Crippen LogP contribution < -0.4 is 16.4 Å². The fourth-order valence-electron chi connectivity index (χ4n) is 1.37. The molecule has 0 atom stereocenters.